The SMILES string of the molecule is CC(C)c1nccn1CC(=O)NCC#N. The molecule has 0 aliphatic carbocycles. The van der Waals surface area contributed by atoms with E-state index in [1.165, 1.54) is 0 Å². The molecule has 5 nitrogen and oxygen atoms in total. The van der Waals surface area contributed by atoms with Gasteiger partial charge in [-0.05, 0) is 0 Å². The van der Waals surface area contributed by atoms with Crippen molar-refractivity contribution in [2.45, 2.75) is 26.3 Å². The van der Waals surface area contributed by atoms with E-state index in [9.17, 15) is 4.79 Å². The Hall–Kier alpha value is -1.83. The Labute approximate surface area is 88.7 Å². The summed E-state index contributed by atoms with van der Waals surface area (Å²) in [4.78, 5) is 15.5. The summed E-state index contributed by atoms with van der Waals surface area (Å²) in [6.07, 6.45) is 3.44. The minimum atomic E-state index is -0.170. The van der Waals surface area contributed by atoms with Crippen LogP contribution in [0.15, 0.2) is 12.4 Å². The molecule has 0 aliphatic heterocycles. The topological polar surface area (TPSA) is 70.7 Å². The molecule has 15 heavy (non-hydrogen) atoms. The molecule has 1 N–H and O–H groups in total. The number of carbonyl (C=O) groups excluding carboxylic acids is 1. The molecule has 0 saturated heterocycles. The van der Waals surface area contributed by atoms with Gasteiger partial charge in [-0.15, -0.1) is 0 Å². The molecular formula is C10H14N4O. The van der Waals surface area contributed by atoms with Crippen molar-refractivity contribution in [2.75, 3.05) is 6.54 Å². The summed E-state index contributed by atoms with van der Waals surface area (Å²) in [7, 11) is 0. The first-order valence-corrected chi connectivity index (χ1v) is 4.79. The zero-order chi connectivity index (χ0) is 11.3. The van der Waals surface area contributed by atoms with Crippen molar-refractivity contribution in [3.8, 4) is 6.07 Å². The summed E-state index contributed by atoms with van der Waals surface area (Å²) in [5.74, 6) is 0.988. The molecule has 0 unspecified atom stereocenters. The Bertz CT molecular complexity index is 375. The Morgan fingerprint density at radius 3 is 3.07 bits per heavy atom. The highest BCUT2D eigenvalue weighted by molar-refractivity contribution is 5.76. The second-order valence-corrected chi connectivity index (χ2v) is 3.50. The van der Waals surface area contributed by atoms with Crippen molar-refractivity contribution >= 4 is 5.91 Å². The van der Waals surface area contributed by atoms with Crippen LogP contribution in [0.2, 0.25) is 0 Å². The van der Waals surface area contributed by atoms with Gasteiger partial charge in [0.15, 0.2) is 0 Å². The lowest BCUT2D eigenvalue weighted by Crippen LogP contribution is -2.28. The zero-order valence-electron chi connectivity index (χ0n) is 8.90. The van der Waals surface area contributed by atoms with E-state index in [2.05, 4.69) is 10.3 Å². The molecule has 0 radical (unpaired) electrons. The van der Waals surface area contributed by atoms with Gasteiger partial charge in [-0.2, -0.15) is 5.26 Å². The number of imidazole rings is 1. The van der Waals surface area contributed by atoms with Gasteiger partial charge in [0.2, 0.25) is 5.91 Å². The Morgan fingerprint density at radius 2 is 2.47 bits per heavy atom. The summed E-state index contributed by atoms with van der Waals surface area (Å²) in [5.41, 5.74) is 0. The first-order chi connectivity index (χ1) is 7.15. The molecule has 1 amide bonds. The molecule has 0 aromatic carbocycles. The highest BCUT2D eigenvalue weighted by Gasteiger charge is 2.09. The molecular weight excluding hydrogens is 192 g/mol. The van der Waals surface area contributed by atoms with Crippen LogP contribution in [0, 0.1) is 11.3 Å². The van der Waals surface area contributed by atoms with Crippen LogP contribution >= 0.6 is 0 Å². The molecule has 0 fully saturated rings. The normalized spacial score (nSPS) is 10.0. The van der Waals surface area contributed by atoms with Gasteiger partial charge in [-0.3, -0.25) is 4.79 Å². The third kappa shape index (κ3) is 3.09. The van der Waals surface area contributed by atoms with Gasteiger partial charge in [0.1, 0.15) is 18.9 Å². The molecule has 1 aromatic heterocycles. The molecule has 1 rings (SSSR count). The number of nitrogens with zero attached hydrogens (tertiary/aromatic N) is 3. The molecule has 0 bridgehead atoms. The molecule has 0 atom stereocenters. The van der Waals surface area contributed by atoms with Gasteiger partial charge >= 0.3 is 0 Å². The van der Waals surface area contributed by atoms with E-state index < -0.39 is 0 Å². The van der Waals surface area contributed by atoms with Crippen LogP contribution < -0.4 is 5.32 Å². The lowest BCUT2D eigenvalue weighted by Gasteiger charge is -2.09. The van der Waals surface area contributed by atoms with E-state index in [1.54, 1.807) is 17.0 Å². The van der Waals surface area contributed by atoms with Crippen LogP contribution in [-0.2, 0) is 11.3 Å². The standard InChI is InChI=1S/C10H14N4O/c1-8(2)10-13-5-6-14(10)7-9(15)12-4-3-11/h5-6,8H,4,7H2,1-2H3,(H,12,15). The predicted molar refractivity (Wildman–Crippen MR) is 54.9 cm³/mol. The molecule has 0 aliphatic rings. The second-order valence-electron chi connectivity index (χ2n) is 3.50. The predicted octanol–water partition coefficient (Wildman–Crippen LogP) is 0.646. The van der Waals surface area contributed by atoms with Crippen LogP contribution in [0.1, 0.15) is 25.6 Å². The van der Waals surface area contributed by atoms with Gasteiger partial charge in [0, 0.05) is 18.3 Å². The fourth-order valence-electron chi connectivity index (χ4n) is 1.30. The van der Waals surface area contributed by atoms with E-state index >= 15 is 0 Å². The minimum Gasteiger partial charge on any atom is -0.341 e. The van der Waals surface area contributed by atoms with Gasteiger partial charge in [0.25, 0.3) is 0 Å². The summed E-state index contributed by atoms with van der Waals surface area (Å²) in [6.45, 7) is 4.30. The van der Waals surface area contributed by atoms with Gasteiger partial charge in [0.05, 0.1) is 6.07 Å². The largest absolute Gasteiger partial charge is 0.341 e. The van der Waals surface area contributed by atoms with Crippen molar-refractivity contribution in [3.05, 3.63) is 18.2 Å². The van der Waals surface area contributed by atoms with Crippen LogP contribution in [-0.4, -0.2) is 22.0 Å². The van der Waals surface area contributed by atoms with E-state index in [0.29, 0.717) is 0 Å². The molecule has 1 aromatic rings. The first kappa shape index (κ1) is 11.2. The van der Waals surface area contributed by atoms with Crippen LogP contribution in [0.5, 0.6) is 0 Å². The number of carbonyl (C=O) groups is 1. The average Bonchev–Trinajstić information content (AvgIpc) is 2.62. The van der Waals surface area contributed by atoms with E-state index in [1.807, 2.05) is 19.9 Å². The van der Waals surface area contributed by atoms with Crippen molar-refractivity contribution in [2.24, 2.45) is 0 Å². The van der Waals surface area contributed by atoms with Crippen LogP contribution in [0.3, 0.4) is 0 Å². The Balaban J connectivity index is 2.61. The maximum Gasteiger partial charge on any atom is 0.240 e. The summed E-state index contributed by atoms with van der Waals surface area (Å²) in [6, 6.07) is 1.86. The fourth-order valence-corrected chi connectivity index (χ4v) is 1.30. The molecule has 5 heteroatoms. The number of rotatable bonds is 4. The maximum atomic E-state index is 11.3. The van der Waals surface area contributed by atoms with Crippen molar-refractivity contribution < 1.29 is 4.79 Å². The fraction of sp³-hybridized carbons (Fsp3) is 0.500. The quantitative estimate of drug-likeness (QED) is 0.735. The van der Waals surface area contributed by atoms with Crippen molar-refractivity contribution in [1.82, 2.24) is 14.9 Å². The lowest BCUT2D eigenvalue weighted by molar-refractivity contribution is -0.121. The number of aromatic nitrogens is 2. The van der Waals surface area contributed by atoms with E-state index in [0.717, 1.165) is 5.82 Å². The number of amides is 1. The highest BCUT2D eigenvalue weighted by Crippen LogP contribution is 2.10. The van der Waals surface area contributed by atoms with Gasteiger partial charge in [-0.1, -0.05) is 13.8 Å². The third-order valence-electron chi connectivity index (χ3n) is 1.94. The number of nitriles is 1. The number of nitrogens with one attached hydrogen (secondary N) is 1. The van der Waals surface area contributed by atoms with Crippen molar-refractivity contribution in [1.29, 1.82) is 5.26 Å². The summed E-state index contributed by atoms with van der Waals surface area (Å²) in [5, 5.41) is 10.8. The summed E-state index contributed by atoms with van der Waals surface area (Å²) < 4.78 is 1.79. The third-order valence-corrected chi connectivity index (χ3v) is 1.94. The molecule has 80 valence electrons. The number of hydrogen-bond acceptors (Lipinski definition) is 3. The second kappa shape index (κ2) is 5.15. The summed E-state index contributed by atoms with van der Waals surface area (Å²) >= 11 is 0. The van der Waals surface area contributed by atoms with E-state index in [4.69, 9.17) is 5.26 Å². The van der Waals surface area contributed by atoms with Gasteiger partial charge in [-0.25, -0.2) is 4.98 Å². The highest BCUT2D eigenvalue weighted by atomic mass is 16.1. The Morgan fingerprint density at radius 1 is 1.73 bits per heavy atom. The molecule has 0 spiro atoms. The maximum absolute atomic E-state index is 11.3. The first-order valence-electron chi connectivity index (χ1n) is 4.79. The zero-order valence-corrected chi connectivity index (χ0v) is 8.90. The average molecular weight is 206 g/mol. The van der Waals surface area contributed by atoms with Crippen LogP contribution in [0.25, 0.3) is 0 Å². The monoisotopic (exact) mass is 206 g/mol. The Kier molecular flexibility index (Phi) is 3.86. The van der Waals surface area contributed by atoms with Crippen molar-refractivity contribution in [3.63, 3.8) is 0 Å². The number of hydrogen-bond donors (Lipinski definition) is 1. The van der Waals surface area contributed by atoms with Gasteiger partial charge < -0.3 is 9.88 Å². The van der Waals surface area contributed by atoms with Crippen LogP contribution in [0.4, 0.5) is 0 Å². The smallest absolute Gasteiger partial charge is 0.240 e. The lowest BCUT2D eigenvalue weighted by atomic mass is 10.2. The molecule has 1 heterocycles. The molecule has 0 saturated carbocycles. The van der Waals surface area contributed by atoms with E-state index in [-0.39, 0.29) is 24.9 Å². The minimum absolute atomic E-state index is 0.0462.